The number of halogens is 1. The molecule has 4 nitrogen and oxygen atoms in total. The lowest BCUT2D eigenvalue weighted by molar-refractivity contribution is 0.532. The molecule has 0 amide bonds. The van der Waals surface area contributed by atoms with Crippen LogP contribution in [0.2, 0.25) is 5.02 Å². The predicted octanol–water partition coefficient (Wildman–Crippen LogP) is 4.18. The molecule has 0 aliphatic heterocycles. The third-order valence-electron chi connectivity index (χ3n) is 3.35. The standard InChI is InChI=1S/C15H21ClN4/c1-9(2)20-15(14(17)11(4)19-20)18-10(3)12-7-5-6-8-13(12)16/h5-10,18H,17H2,1-4H3. The minimum atomic E-state index is 0.0552. The highest BCUT2D eigenvalue weighted by Gasteiger charge is 2.18. The first-order valence-corrected chi connectivity index (χ1v) is 7.15. The van der Waals surface area contributed by atoms with Gasteiger partial charge in [-0.05, 0) is 39.3 Å². The SMILES string of the molecule is Cc1nn(C(C)C)c(NC(C)c2ccccc2Cl)c1N. The number of nitrogens with two attached hydrogens (primary N) is 1. The lowest BCUT2D eigenvalue weighted by Gasteiger charge is -2.19. The van der Waals surface area contributed by atoms with E-state index < -0.39 is 0 Å². The van der Waals surface area contributed by atoms with E-state index in [9.17, 15) is 0 Å². The summed E-state index contributed by atoms with van der Waals surface area (Å²) in [5, 5.41) is 8.65. The smallest absolute Gasteiger partial charge is 0.148 e. The Labute approximate surface area is 124 Å². The van der Waals surface area contributed by atoms with E-state index in [1.165, 1.54) is 0 Å². The normalized spacial score (nSPS) is 12.7. The molecule has 1 aromatic heterocycles. The van der Waals surface area contributed by atoms with Gasteiger partial charge in [-0.15, -0.1) is 0 Å². The fraction of sp³-hybridized carbons (Fsp3) is 0.400. The monoisotopic (exact) mass is 292 g/mol. The third kappa shape index (κ3) is 2.75. The maximum absolute atomic E-state index is 6.24. The minimum Gasteiger partial charge on any atom is -0.394 e. The molecule has 1 heterocycles. The molecule has 1 aromatic carbocycles. The zero-order valence-corrected chi connectivity index (χ0v) is 13.1. The van der Waals surface area contributed by atoms with Crippen molar-refractivity contribution in [3.63, 3.8) is 0 Å². The third-order valence-corrected chi connectivity index (χ3v) is 3.69. The summed E-state index contributed by atoms with van der Waals surface area (Å²) in [6.45, 7) is 8.14. The summed E-state index contributed by atoms with van der Waals surface area (Å²) in [7, 11) is 0. The number of aromatic nitrogens is 2. The highest BCUT2D eigenvalue weighted by atomic mass is 35.5. The molecule has 0 aliphatic rings. The van der Waals surface area contributed by atoms with Gasteiger partial charge in [-0.25, -0.2) is 4.68 Å². The summed E-state index contributed by atoms with van der Waals surface area (Å²) in [4.78, 5) is 0. The summed E-state index contributed by atoms with van der Waals surface area (Å²) < 4.78 is 1.91. The summed E-state index contributed by atoms with van der Waals surface area (Å²) in [5.41, 5.74) is 8.70. The first kappa shape index (κ1) is 14.7. The van der Waals surface area contributed by atoms with Crippen molar-refractivity contribution in [1.29, 1.82) is 0 Å². The van der Waals surface area contributed by atoms with Gasteiger partial charge in [0.15, 0.2) is 0 Å². The second-order valence-electron chi connectivity index (χ2n) is 5.27. The van der Waals surface area contributed by atoms with Gasteiger partial charge < -0.3 is 11.1 Å². The number of hydrogen-bond donors (Lipinski definition) is 2. The van der Waals surface area contributed by atoms with Crippen molar-refractivity contribution >= 4 is 23.1 Å². The van der Waals surface area contributed by atoms with Gasteiger partial charge in [-0.1, -0.05) is 29.8 Å². The molecule has 0 radical (unpaired) electrons. The Morgan fingerprint density at radius 3 is 2.50 bits per heavy atom. The van der Waals surface area contributed by atoms with Crippen LogP contribution in [0, 0.1) is 6.92 Å². The summed E-state index contributed by atoms with van der Waals surface area (Å²) >= 11 is 6.24. The molecule has 1 atom stereocenters. The Hall–Kier alpha value is -1.68. The number of anilines is 2. The number of nitrogens with one attached hydrogen (secondary N) is 1. The molecular weight excluding hydrogens is 272 g/mol. The van der Waals surface area contributed by atoms with Crippen LogP contribution >= 0.6 is 11.6 Å². The van der Waals surface area contributed by atoms with Crippen LogP contribution in [0.3, 0.4) is 0 Å². The van der Waals surface area contributed by atoms with Crippen molar-refractivity contribution in [1.82, 2.24) is 9.78 Å². The number of aryl methyl sites for hydroxylation is 1. The minimum absolute atomic E-state index is 0.0552. The Morgan fingerprint density at radius 2 is 1.90 bits per heavy atom. The fourth-order valence-corrected chi connectivity index (χ4v) is 2.49. The largest absolute Gasteiger partial charge is 0.394 e. The molecule has 108 valence electrons. The number of hydrogen-bond acceptors (Lipinski definition) is 3. The fourth-order valence-electron chi connectivity index (χ4n) is 2.19. The van der Waals surface area contributed by atoms with Crippen molar-refractivity contribution in [3.05, 3.63) is 40.5 Å². The van der Waals surface area contributed by atoms with Gasteiger partial charge in [-0.2, -0.15) is 5.10 Å². The Bertz CT molecular complexity index is 604. The number of nitrogen functional groups attached to an aromatic ring is 1. The van der Waals surface area contributed by atoms with Crippen molar-refractivity contribution in [2.45, 2.75) is 39.8 Å². The first-order valence-electron chi connectivity index (χ1n) is 6.77. The Balaban J connectivity index is 2.33. The maximum Gasteiger partial charge on any atom is 0.148 e. The second-order valence-corrected chi connectivity index (χ2v) is 5.68. The van der Waals surface area contributed by atoms with E-state index in [1.54, 1.807) is 0 Å². The van der Waals surface area contributed by atoms with E-state index in [0.717, 1.165) is 22.1 Å². The zero-order valence-electron chi connectivity index (χ0n) is 12.3. The van der Waals surface area contributed by atoms with E-state index in [1.807, 2.05) is 35.9 Å². The molecule has 1 unspecified atom stereocenters. The van der Waals surface area contributed by atoms with Gasteiger partial charge in [0.2, 0.25) is 0 Å². The van der Waals surface area contributed by atoms with Crippen molar-refractivity contribution in [2.24, 2.45) is 0 Å². The van der Waals surface area contributed by atoms with E-state index in [-0.39, 0.29) is 12.1 Å². The van der Waals surface area contributed by atoms with Crippen LogP contribution in [0.4, 0.5) is 11.5 Å². The van der Waals surface area contributed by atoms with Crippen LogP contribution in [0.25, 0.3) is 0 Å². The quantitative estimate of drug-likeness (QED) is 0.889. The van der Waals surface area contributed by atoms with Crippen LogP contribution in [-0.4, -0.2) is 9.78 Å². The highest BCUT2D eigenvalue weighted by Crippen LogP contribution is 2.31. The van der Waals surface area contributed by atoms with E-state index in [0.29, 0.717) is 5.69 Å². The van der Waals surface area contributed by atoms with Crippen LogP contribution in [0.15, 0.2) is 24.3 Å². The Kier molecular flexibility index (Phi) is 4.23. The first-order chi connectivity index (χ1) is 9.41. The molecule has 3 N–H and O–H groups in total. The van der Waals surface area contributed by atoms with Crippen molar-refractivity contribution < 1.29 is 0 Å². The molecule has 2 rings (SSSR count). The topological polar surface area (TPSA) is 55.9 Å². The Morgan fingerprint density at radius 1 is 1.25 bits per heavy atom. The molecule has 0 aliphatic carbocycles. The lowest BCUT2D eigenvalue weighted by atomic mass is 10.1. The summed E-state index contributed by atoms with van der Waals surface area (Å²) in [6.07, 6.45) is 0. The van der Waals surface area contributed by atoms with Crippen molar-refractivity contribution in [2.75, 3.05) is 11.1 Å². The molecule has 0 spiro atoms. The van der Waals surface area contributed by atoms with Crippen LogP contribution in [0.5, 0.6) is 0 Å². The highest BCUT2D eigenvalue weighted by molar-refractivity contribution is 6.31. The predicted molar refractivity (Wildman–Crippen MR) is 85.3 cm³/mol. The molecular formula is C15H21ClN4. The summed E-state index contributed by atoms with van der Waals surface area (Å²) in [6, 6.07) is 8.11. The van der Waals surface area contributed by atoms with Gasteiger partial charge in [0, 0.05) is 11.1 Å². The number of rotatable bonds is 4. The molecule has 0 bridgehead atoms. The summed E-state index contributed by atoms with van der Waals surface area (Å²) in [5.74, 6) is 0.852. The molecule has 0 fully saturated rings. The average Bonchev–Trinajstić information content (AvgIpc) is 2.67. The number of benzene rings is 1. The maximum atomic E-state index is 6.24. The molecule has 20 heavy (non-hydrogen) atoms. The molecule has 5 heteroatoms. The molecule has 0 saturated carbocycles. The van der Waals surface area contributed by atoms with Gasteiger partial charge in [-0.3, -0.25) is 0 Å². The lowest BCUT2D eigenvalue weighted by Crippen LogP contribution is -2.14. The molecule has 0 saturated heterocycles. The zero-order chi connectivity index (χ0) is 14.9. The van der Waals surface area contributed by atoms with Crippen LogP contribution in [0.1, 0.15) is 44.1 Å². The number of nitrogens with zero attached hydrogens (tertiary/aromatic N) is 2. The van der Waals surface area contributed by atoms with Crippen LogP contribution in [-0.2, 0) is 0 Å². The van der Waals surface area contributed by atoms with Gasteiger partial charge >= 0.3 is 0 Å². The van der Waals surface area contributed by atoms with Gasteiger partial charge in [0.1, 0.15) is 5.82 Å². The average molecular weight is 293 g/mol. The van der Waals surface area contributed by atoms with E-state index >= 15 is 0 Å². The van der Waals surface area contributed by atoms with Gasteiger partial charge in [0.05, 0.1) is 17.4 Å². The van der Waals surface area contributed by atoms with Crippen LogP contribution < -0.4 is 11.1 Å². The molecule has 2 aromatic rings. The van der Waals surface area contributed by atoms with E-state index in [2.05, 4.69) is 31.2 Å². The van der Waals surface area contributed by atoms with E-state index in [4.69, 9.17) is 17.3 Å². The van der Waals surface area contributed by atoms with Gasteiger partial charge in [0.25, 0.3) is 0 Å². The second kappa shape index (κ2) is 5.75. The van der Waals surface area contributed by atoms with Crippen molar-refractivity contribution in [3.8, 4) is 0 Å².